The lowest BCUT2D eigenvalue weighted by molar-refractivity contribution is 0.416. The molecule has 0 aliphatic carbocycles. The fourth-order valence-corrected chi connectivity index (χ4v) is 1.24. The Bertz CT molecular complexity index is 367. The molecular formula is C12H15NO. The molecule has 1 aromatic carbocycles. The van der Waals surface area contributed by atoms with Gasteiger partial charge in [0.2, 0.25) is 0 Å². The molecule has 74 valence electrons. The number of allylic oxidation sites excluding steroid dienone is 2. The molecule has 0 heterocycles. The van der Waals surface area contributed by atoms with E-state index in [0.717, 1.165) is 11.1 Å². The Hall–Kier alpha value is -1.70. The molecule has 0 spiro atoms. The predicted octanol–water partition coefficient (Wildman–Crippen LogP) is 2.79. The first kappa shape index (κ1) is 10.4. The van der Waals surface area contributed by atoms with Crippen molar-refractivity contribution in [3.8, 4) is 5.75 Å². The molecule has 0 unspecified atom stereocenters. The average molecular weight is 189 g/mol. The van der Waals surface area contributed by atoms with Gasteiger partial charge in [0, 0.05) is 0 Å². The molecule has 0 saturated heterocycles. The van der Waals surface area contributed by atoms with Crippen molar-refractivity contribution in [1.29, 1.82) is 0 Å². The second-order valence-corrected chi connectivity index (χ2v) is 3.05. The number of aryl methyl sites for hydroxylation is 1. The summed E-state index contributed by atoms with van der Waals surface area (Å²) in [7, 11) is 1.62. The van der Waals surface area contributed by atoms with Crippen molar-refractivity contribution in [2.24, 2.45) is 0 Å². The van der Waals surface area contributed by atoms with E-state index in [1.54, 1.807) is 13.2 Å². The van der Waals surface area contributed by atoms with Gasteiger partial charge in [-0.1, -0.05) is 24.8 Å². The Balaban J connectivity index is 3.15. The van der Waals surface area contributed by atoms with Crippen molar-refractivity contribution in [1.82, 2.24) is 0 Å². The number of hydrogen-bond acceptors (Lipinski definition) is 2. The van der Waals surface area contributed by atoms with E-state index in [1.807, 2.05) is 31.2 Å². The maximum absolute atomic E-state index is 5.82. The second-order valence-electron chi connectivity index (χ2n) is 3.05. The van der Waals surface area contributed by atoms with Gasteiger partial charge in [0.15, 0.2) is 0 Å². The van der Waals surface area contributed by atoms with Crippen molar-refractivity contribution in [2.45, 2.75) is 6.92 Å². The quantitative estimate of drug-likeness (QED) is 0.586. The predicted molar refractivity (Wildman–Crippen MR) is 61.4 cm³/mol. The molecule has 14 heavy (non-hydrogen) atoms. The molecule has 0 saturated carbocycles. The molecule has 1 aromatic rings. The first-order valence-corrected chi connectivity index (χ1v) is 4.42. The van der Waals surface area contributed by atoms with Crippen molar-refractivity contribution in [2.75, 3.05) is 12.8 Å². The first-order valence-electron chi connectivity index (χ1n) is 4.42. The molecular weight excluding hydrogens is 174 g/mol. The van der Waals surface area contributed by atoms with Gasteiger partial charge in [0.05, 0.1) is 12.8 Å². The van der Waals surface area contributed by atoms with Crippen LogP contribution in [0.4, 0.5) is 5.69 Å². The third kappa shape index (κ3) is 2.16. The number of hydrogen-bond donors (Lipinski definition) is 1. The molecule has 0 aliphatic rings. The molecule has 2 nitrogen and oxygen atoms in total. The monoisotopic (exact) mass is 189 g/mol. The molecule has 2 heteroatoms. The number of nitrogen functional groups attached to an aromatic ring is 1. The molecule has 1 rings (SSSR count). The van der Waals surface area contributed by atoms with Gasteiger partial charge in [-0.2, -0.15) is 0 Å². The lowest BCUT2D eigenvalue weighted by atomic mass is 10.1. The summed E-state index contributed by atoms with van der Waals surface area (Å²) >= 11 is 0. The van der Waals surface area contributed by atoms with Crippen LogP contribution in [0.25, 0.3) is 6.08 Å². The second kappa shape index (κ2) is 4.51. The zero-order valence-electron chi connectivity index (χ0n) is 8.58. The van der Waals surface area contributed by atoms with Crippen molar-refractivity contribution >= 4 is 11.8 Å². The third-order valence-corrected chi connectivity index (χ3v) is 2.02. The summed E-state index contributed by atoms with van der Waals surface area (Å²) in [5, 5.41) is 0. The normalized spacial score (nSPS) is 10.4. The topological polar surface area (TPSA) is 35.2 Å². The van der Waals surface area contributed by atoms with Gasteiger partial charge < -0.3 is 10.5 Å². The Kier molecular flexibility index (Phi) is 3.35. The fourth-order valence-electron chi connectivity index (χ4n) is 1.24. The van der Waals surface area contributed by atoms with E-state index in [1.165, 1.54) is 0 Å². The first-order chi connectivity index (χ1) is 6.69. The zero-order chi connectivity index (χ0) is 10.6. The average Bonchev–Trinajstić information content (AvgIpc) is 2.19. The van der Waals surface area contributed by atoms with Gasteiger partial charge in [0.1, 0.15) is 5.75 Å². The minimum atomic E-state index is 0.697. The summed E-state index contributed by atoms with van der Waals surface area (Å²) in [6.07, 6.45) is 5.57. The minimum Gasteiger partial charge on any atom is -0.495 e. The van der Waals surface area contributed by atoms with E-state index in [9.17, 15) is 0 Å². The SMILES string of the molecule is C=C/C=C/c1cc(C)c(N)c(OC)c1. The van der Waals surface area contributed by atoms with Gasteiger partial charge in [0.25, 0.3) is 0 Å². The standard InChI is InChI=1S/C12H15NO/c1-4-5-6-10-7-9(2)12(13)11(8-10)14-3/h4-8H,1,13H2,2-3H3/b6-5+. The largest absolute Gasteiger partial charge is 0.495 e. The van der Waals surface area contributed by atoms with Gasteiger partial charge in [-0.3, -0.25) is 0 Å². The lowest BCUT2D eigenvalue weighted by Gasteiger charge is -2.08. The number of anilines is 1. The maximum atomic E-state index is 5.82. The van der Waals surface area contributed by atoms with Crippen molar-refractivity contribution in [3.05, 3.63) is 42.0 Å². The van der Waals surface area contributed by atoms with Crippen LogP contribution < -0.4 is 10.5 Å². The maximum Gasteiger partial charge on any atom is 0.142 e. The fraction of sp³-hybridized carbons (Fsp3) is 0.167. The summed E-state index contributed by atoms with van der Waals surface area (Å²) in [6.45, 7) is 5.58. The molecule has 0 aliphatic heterocycles. The highest BCUT2D eigenvalue weighted by molar-refractivity contribution is 5.65. The Morgan fingerprint density at radius 2 is 2.14 bits per heavy atom. The summed E-state index contributed by atoms with van der Waals surface area (Å²) in [6, 6.07) is 3.92. The van der Waals surface area contributed by atoms with E-state index in [2.05, 4.69) is 6.58 Å². The van der Waals surface area contributed by atoms with Crippen molar-refractivity contribution < 1.29 is 4.74 Å². The smallest absolute Gasteiger partial charge is 0.142 e. The number of ether oxygens (including phenoxy) is 1. The summed E-state index contributed by atoms with van der Waals surface area (Å²) in [5.74, 6) is 0.716. The van der Waals surface area contributed by atoms with Crippen LogP contribution in [0.3, 0.4) is 0 Å². The molecule has 2 N–H and O–H groups in total. The van der Waals surface area contributed by atoms with Gasteiger partial charge in [-0.05, 0) is 30.2 Å². The van der Waals surface area contributed by atoms with E-state index >= 15 is 0 Å². The number of benzene rings is 1. The van der Waals surface area contributed by atoms with Crippen LogP contribution in [0.5, 0.6) is 5.75 Å². The Morgan fingerprint density at radius 3 is 2.71 bits per heavy atom. The van der Waals surface area contributed by atoms with Crippen LogP contribution in [-0.2, 0) is 0 Å². The molecule has 0 atom stereocenters. The minimum absolute atomic E-state index is 0.697. The highest BCUT2D eigenvalue weighted by Gasteiger charge is 2.03. The number of rotatable bonds is 3. The summed E-state index contributed by atoms with van der Waals surface area (Å²) in [5.41, 5.74) is 8.60. The number of methoxy groups -OCH3 is 1. The van der Waals surface area contributed by atoms with Gasteiger partial charge in [-0.25, -0.2) is 0 Å². The van der Waals surface area contributed by atoms with Gasteiger partial charge in [-0.15, -0.1) is 0 Å². The number of nitrogens with two attached hydrogens (primary N) is 1. The van der Waals surface area contributed by atoms with Gasteiger partial charge >= 0.3 is 0 Å². The van der Waals surface area contributed by atoms with Crippen LogP contribution in [0.1, 0.15) is 11.1 Å². The van der Waals surface area contributed by atoms with Crippen LogP contribution in [0, 0.1) is 6.92 Å². The summed E-state index contributed by atoms with van der Waals surface area (Å²) in [4.78, 5) is 0. The van der Waals surface area contributed by atoms with Crippen LogP contribution in [0.15, 0.2) is 30.9 Å². The lowest BCUT2D eigenvalue weighted by Crippen LogP contribution is -1.95. The molecule has 0 bridgehead atoms. The molecule has 0 aromatic heterocycles. The van der Waals surface area contributed by atoms with Crippen LogP contribution in [0.2, 0.25) is 0 Å². The third-order valence-electron chi connectivity index (χ3n) is 2.02. The molecule has 0 radical (unpaired) electrons. The molecule has 0 amide bonds. The highest BCUT2D eigenvalue weighted by atomic mass is 16.5. The van der Waals surface area contributed by atoms with E-state index < -0.39 is 0 Å². The van der Waals surface area contributed by atoms with Crippen molar-refractivity contribution in [3.63, 3.8) is 0 Å². The highest BCUT2D eigenvalue weighted by Crippen LogP contribution is 2.27. The van der Waals surface area contributed by atoms with E-state index in [0.29, 0.717) is 11.4 Å². The Labute approximate surface area is 84.7 Å². The van der Waals surface area contributed by atoms with E-state index in [4.69, 9.17) is 10.5 Å². The Morgan fingerprint density at radius 1 is 1.43 bits per heavy atom. The van der Waals surface area contributed by atoms with Crippen LogP contribution >= 0.6 is 0 Å². The van der Waals surface area contributed by atoms with Crippen LogP contribution in [-0.4, -0.2) is 7.11 Å². The summed E-state index contributed by atoms with van der Waals surface area (Å²) < 4.78 is 5.16. The molecule has 0 fully saturated rings. The zero-order valence-corrected chi connectivity index (χ0v) is 8.58. The van der Waals surface area contributed by atoms with E-state index in [-0.39, 0.29) is 0 Å².